The number of ether oxygens (including phenoxy) is 1. The average molecular weight is 418 g/mol. The molecular weight excluding hydrogens is 396 g/mol. The Kier molecular flexibility index (Phi) is 4.87. The van der Waals surface area contributed by atoms with Gasteiger partial charge in [0.25, 0.3) is 0 Å². The Balaban J connectivity index is 1.48. The molecule has 2 amide bonds. The number of carbonyl (C=O) groups excluding carboxylic acids is 2. The Morgan fingerprint density at radius 3 is 2.74 bits per heavy atom. The third kappa shape index (κ3) is 3.64. The van der Waals surface area contributed by atoms with Crippen molar-refractivity contribution in [2.75, 3.05) is 47.6 Å². The number of fused-ring (bicyclic) bond motifs is 2. The fraction of sp³-hybridized carbons (Fsp3) is 0.273. The lowest BCUT2D eigenvalue weighted by Gasteiger charge is -2.30. The SMILES string of the molecule is Nc1nc(N2CCOCC2)nc2c1C(C(=O)Nc1cccc3ccccc13)CC(=O)N2. The molecule has 0 bridgehead atoms. The summed E-state index contributed by atoms with van der Waals surface area (Å²) in [5, 5.41) is 7.65. The molecule has 1 unspecified atom stereocenters. The van der Waals surface area contributed by atoms with Crippen LogP contribution in [0.4, 0.5) is 23.3 Å². The molecule has 31 heavy (non-hydrogen) atoms. The van der Waals surface area contributed by atoms with Gasteiger partial charge >= 0.3 is 0 Å². The second kappa shape index (κ2) is 7.84. The summed E-state index contributed by atoms with van der Waals surface area (Å²) < 4.78 is 5.37. The number of benzene rings is 2. The van der Waals surface area contributed by atoms with Crippen LogP contribution >= 0.6 is 0 Å². The normalized spacial score (nSPS) is 18.4. The first-order valence-electron chi connectivity index (χ1n) is 10.2. The molecule has 158 valence electrons. The first-order valence-corrected chi connectivity index (χ1v) is 10.2. The summed E-state index contributed by atoms with van der Waals surface area (Å²) in [5.41, 5.74) is 7.40. The summed E-state index contributed by atoms with van der Waals surface area (Å²) in [6.45, 7) is 2.42. The largest absolute Gasteiger partial charge is 0.383 e. The molecule has 1 saturated heterocycles. The molecule has 0 saturated carbocycles. The second-order valence-electron chi connectivity index (χ2n) is 7.59. The number of nitrogens with zero attached hydrogens (tertiary/aromatic N) is 3. The molecule has 5 rings (SSSR count). The number of aromatic nitrogens is 2. The van der Waals surface area contributed by atoms with Gasteiger partial charge in [0.15, 0.2) is 0 Å². The van der Waals surface area contributed by atoms with Gasteiger partial charge in [-0.3, -0.25) is 9.59 Å². The molecule has 0 spiro atoms. The molecule has 1 aromatic heterocycles. The van der Waals surface area contributed by atoms with Gasteiger partial charge in [-0.1, -0.05) is 36.4 Å². The van der Waals surface area contributed by atoms with Gasteiger partial charge in [0.05, 0.1) is 24.7 Å². The molecule has 9 nitrogen and oxygen atoms in total. The van der Waals surface area contributed by atoms with Crippen molar-refractivity contribution in [2.45, 2.75) is 12.3 Å². The van der Waals surface area contributed by atoms with Crippen molar-refractivity contribution in [3.05, 3.63) is 48.0 Å². The number of nitrogen functional groups attached to an aromatic ring is 1. The Labute approximate surface area is 178 Å². The highest BCUT2D eigenvalue weighted by Crippen LogP contribution is 2.37. The van der Waals surface area contributed by atoms with Crippen LogP contribution in [-0.2, 0) is 14.3 Å². The first kappa shape index (κ1) is 19.3. The third-order valence-electron chi connectivity index (χ3n) is 5.62. The topological polar surface area (TPSA) is 122 Å². The number of nitrogens with two attached hydrogens (primary N) is 1. The minimum Gasteiger partial charge on any atom is -0.383 e. The van der Waals surface area contributed by atoms with Crippen LogP contribution in [0.2, 0.25) is 0 Å². The fourth-order valence-corrected chi connectivity index (χ4v) is 4.07. The number of carbonyl (C=O) groups is 2. The Morgan fingerprint density at radius 2 is 1.90 bits per heavy atom. The minimum absolute atomic E-state index is 0.0198. The van der Waals surface area contributed by atoms with Crippen LogP contribution < -0.4 is 21.3 Å². The smallest absolute Gasteiger partial charge is 0.232 e. The number of hydrogen-bond donors (Lipinski definition) is 3. The quantitative estimate of drug-likeness (QED) is 0.595. The zero-order valence-electron chi connectivity index (χ0n) is 16.8. The van der Waals surface area contributed by atoms with Crippen LogP contribution in [0.15, 0.2) is 42.5 Å². The molecule has 2 aliphatic heterocycles. The van der Waals surface area contributed by atoms with Crippen LogP contribution in [0.25, 0.3) is 10.8 Å². The van der Waals surface area contributed by atoms with Gasteiger partial charge in [-0.25, -0.2) is 0 Å². The monoisotopic (exact) mass is 418 g/mol. The van der Waals surface area contributed by atoms with E-state index in [1.165, 1.54) is 0 Å². The van der Waals surface area contributed by atoms with Crippen LogP contribution in [0.1, 0.15) is 17.9 Å². The van der Waals surface area contributed by atoms with E-state index in [0.29, 0.717) is 49.3 Å². The van der Waals surface area contributed by atoms with E-state index < -0.39 is 5.92 Å². The molecule has 4 N–H and O–H groups in total. The van der Waals surface area contributed by atoms with Gasteiger partial charge in [-0.2, -0.15) is 9.97 Å². The predicted octanol–water partition coefficient (Wildman–Crippen LogP) is 2.11. The highest BCUT2D eigenvalue weighted by atomic mass is 16.5. The summed E-state index contributed by atoms with van der Waals surface area (Å²) in [4.78, 5) is 36.5. The molecule has 2 aromatic carbocycles. The first-order chi connectivity index (χ1) is 15.1. The number of hydrogen-bond acceptors (Lipinski definition) is 7. The highest BCUT2D eigenvalue weighted by molar-refractivity contribution is 6.08. The van der Waals surface area contributed by atoms with Crippen LogP contribution in [0.3, 0.4) is 0 Å². The van der Waals surface area contributed by atoms with E-state index in [4.69, 9.17) is 10.5 Å². The summed E-state index contributed by atoms with van der Waals surface area (Å²) in [6.07, 6.45) is -0.0198. The van der Waals surface area contributed by atoms with Gasteiger partial charge in [0, 0.05) is 30.6 Å². The van der Waals surface area contributed by atoms with Gasteiger partial charge in [-0.05, 0) is 11.5 Å². The molecule has 1 fully saturated rings. The van der Waals surface area contributed by atoms with Gasteiger partial charge in [0.2, 0.25) is 17.8 Å². The average Bonchev–Trinajstić information content (AvgIpc) is 2.79. The molecule has 3 aromatic rings. The maximum Gasteiger partial charge on any atom is 0.232 e. The van der Waals surface area contributed by atoms with E-state index in [1.807, 2.05) is 47.4 Å². The molecule has 0 radical (unpaired) electrons. The number of rotatable bonds is 3. The molecule has 1 atom stereocenters. The molecular formula is C22H22N6O3. The van der Waals surface area contributed by atoms with E-state index in [1.54, 1.807) is 0 Å². The number of nitrogens with one attached hydrogen (secondary N) is 2. The second-order valence-corrected chi connectivity index (χ2v) is 7.59. The zero-order valence-corrected chi connectivity index (χ0v) is 16.8. The van der Waals surface area contributed by atoms with E-state index >= 15 is 0 Å². The van der Waals surface area contributed by atoms with Crippen molar-refractivity contribution >= 4 is 45.9 Å². The van der Waals surface area contributed by atoms with Crippen molar-refractivity contribution in [1.29, 1.82) is 0 Å². The predicted molar refractivity (Wildman–Crippen MR) is 118 cm³/mol. The summed E-state index contributed by atoms with van der Waals surface area (Å²) >= 11 is 0. The summed E-state index contributed by atoms with van der Waals surface area (Å²) in [6, 6.07) is 13.5. The standard InChI is InChI=1S/C22H22N6O3/c23-19-18-15(21(30)24-16-7-3-5-13-4-1-2-6-14(13)16)12-17(29)25-20(18)27-22(26-19)28-8-10-31-11-9-28/h1-7,15H,8-12H2,(H,24,30)(H3,23,25,26,27,29). The van der Waals surface area contributed by atoms with E-state index in [2.05, 4.69) is 20.6 Å². The van der Waals surface area contributed by atoms with Gasteiger partial charge in [0.1, 0.15) is 11.6 Å². The van der Waals surface area contributed by atoms with Crippen molar-refractivity contribution in [3.63, 3.8) is 0 Å². The number of morpholine rings is 1. The summed E-state index contributed by atoms with van der Waals surface area (Å²) in [5.74, 6) is -0.456. The van der Waals surface area contributed by atoms with Crippen molar-refractivity contribution in [2.24, 2.45) is 0 Å². The Hall–Kier alpha value is -3.72. The molecule has 2 aliphatic rings. The molecule has 3 heterocycles. The Morgan fingerprint density at radius 1 is 1.13 bits per heavy atom. The minimum atomic E-state index is -0.776. The van der Waals surface area contributed by atoms with Crippen molar-refractivity contribution in [3.8, 4) is 0 Å². The lowest BCUT2D eigenvalue weighted by Crippen LogP contribution is -2.38. The molecule has 9 heteroatoms. The lowest BCUT2D eigenvalue weighted by molar-refractivity contribution is -0.123. The van der Waals surface area contributed by atoms with Crippen molar-refractivity contribution < 1.29 is 14.3 Å². The fourth-order valence-electron chi connectivity index (χ4n) is 4.07. The van der Waals surface area contributed by atoms with Gasteiger partial charge in [-0.15, -0.1) is 0 Å². The molecule has 0 aliphatic carbocycles. The van der Waals surface area contributed by atoms with Crippen LogP contribution in [-0.4, -0.2) is 48.1 Å². The van der Waals surface area contributed by atoms with E-state index in [0.717, 1.165) is 10.8 Å². The Bertz CT molecular complexity index is 1170. The van der Waals surface area contributed by atoms with Crippen molar-refractivity contribution in [1.82, 2.24) is 9.97 Å². The van der Waals surface area contributed by atoms with Crippen LogP contribution in [0.5, 0.6) is 0 Å². The maximum absolute atomic E-state index is 13.2. The van der Waals surface area contributed by atoms with E-state index in [-0.39, 0.29) is 24.1 Å². The van der Waals surface area contributed by atoms with Crippen LogP contribution in [0, 0.1) is 0 Å². The zero-order chi connectivity index (χ0) is 21.4. The van der Waals surface area contributed by atoms with E-state index in [9.17, 15) is 9.59 Å². The third-order valence-corrected chi connectivity index (χ3v) is 5.62. The summed E-state index contributed by atoms with van der Waals surface area (Å²) in [7, 11) is 0. The van der Waals surface area contributed by atoms with Gasteiger partial charge < -0.3 is 26.0 Å². The maximum atomic E-state index is 13.2. The highest BCUT2D eigenvalue weighted by Gasteiger charge is 2.35. The lowest BCUT2D eigenvalue weighted by atomic mass is 9.91. The number of anilines is 4. The number of amides is 2.